The van der Waals surface area contributed by atoms with Crippen molar-refractivity contribution in [2.75, 3.05) is 11.1 Å². The van der Waals surface area contributed by atoms with Gasteiger partial charge in [-0.05, 0) is 25.1 Å². The van der Waals surface area contributed by atoms with Crippen molar-refractivity contribution in [1.29, 1.82) is 0 Å². The Morgan fingerprint density at radius 1 is 1.38 bits per heavy atom. The SMILES string of the molecule is Cc1csc(NC(=O)CSc2nnc(-c3ccc(Cl)cc3Cl)o2)n1. The lowest BCUT2D eigenvalue weighted by atomic mass is 10.2. The predicted molar refractivity (Wildman–Crippen MR) is 96.0 cm³/mol. The summed E-state index contributed by atoms with van der Waals surface area (Å²) in [4.78, 5) is 16.0. The van der Waals surface area contributed by atoms with Crippen LogP contribution in [0.4, 0.5) is 5.13 Å². The molecule has 3 aromatic rings. The number of halogens is 2. The molecule has 1 N–H and O–H groups in total. The number of nitrogens with zero attached hydrogens (tertiary/aromatic N) is 3. The normalized spacial score (nSPS) is 10.8. The molecule has 0 radical (unpaired) electrons. The van der Waals surface area contributed by atoms with Gasteiger partial charge in [0.1, 0.15) is 0 Å². The molecule has 0 bridgehead atoms. The molecule has 10 heteroatoms. The molecular weight excluding hydrogens is 391 g/mol. The molecule has 0 fully saturated rings. The first kappa shape index (κ1) is 17.2. The van der Waals surface area contributed by atoms with Gasteiger partial charge >= 0.3 is 0 Å². The summed E-state index contributed by atoms with van der Waals surface area (Å²) in [7, 11) is 0. The molecule has 0 aliphatic carbocycles. The topological polar surface area (TPSA) is 80.9 Å². The zero-order valence-corrected chi connectivity index (χ0v) is 15.4. The van der Waals surface area contributed by atoms with Crippen LogP contribution >= 0.6 is 46.3 Å². The zero-order chi connectivity index (χ0) is 17.1. The van der Waals surface area contributed by atoms with Gasteiger partial charge in [-0.3, -0.25) is 4.79 Å². The molecule has 0 saturated heterocycles. The van der Waals surface area contributed by atoms with E-state index in [2.05, 4.69) is 20.5 Å². The van der Waals surface area contributed by atoms with Crippen molar-refractivity contribution >= 4 is 57.3 Å². The molecule has 0 aliphatic rings. The summed E-state index contributed by atoms with van der Waals surface area (Å²) >= 11 is 14.5. The summed E-state index contributed by atoms with van der Waals surface area (Å²) < 4.78 is 5.52. The third-order valence-electron chi connectivity index (χ3n) is 2.76. The Balaban J connectivity index is 1.60. The Morgan fingerprint density at radius 2 is 2.21 bits per heavy atom. The smallest absolute Gasteiger partial charge is 0.277 e. The first-order valence-electron chi connectivity index (χ1n) is 6.65. The molecule has 2 heterocycles. The van der Waals surface area contributed by atoms with Crippen molar-refractivity contribution < 1.29 is 9.21 Å². The van der Waals surface area contributed by atoms with Crippen LogP contribution in [-0.2, 0) is 4.79 Å². The highest BCUT2D eigenvalue weighted by Crippen LogP contribution is 2.31. The maximum Gasteiger partial charge on any atom is 0.277 e. The molecule has 3 rings (SSSR count). The average Bonchev–Trinajstić information content (AvgIpc) is 3.14. The van der Waals surface area contributed by atoms with Gasteiger partial charge in [-0.15, -0.1) is 21.5 Å². The molecule has 0 atom stereocenters. The minimum absolute atomic E-state index is 0.134. The van der Waals surface area contributed by atoms with E-state index < -0.39 is 0 Å². The number of nitrogens with one attached hydrogen (secondary N) is 1. The number of hydrogen-bond acceptors (Lipinski definition) is 7. The Hall–Kier alpha value is -1.61. The van der Waals surface area contributed by atoms with Gasteiger partial charge in [-0.25, -0.2) is 4.98 Å². The molecule has 0 unspecified atom stereocenters. The summed E-state index contributed by atoms with van der Waals surface area (Å²) in [6.07, 6.45) is 0. The Bertz CT molecular complexity index is 881. The van der Waals surface area contributed by atoms with Crippen molar-refractivity contribution in [3.8, 4) is 11.5 Å². The van der Waals surface area contributed by atoms with E-state index in [1.807, 2.05) is 12.3 Å². The number of hydrogen-bond donors (Lipinski definition) is 1. The minimum Gasteiger partial charge on any atom is -0.411 e. The maximum atomic E-state index is 11.9. The molecule has 2 aromatic heterocycles. The second-order valence-electron chi connectivity index (χ2n) is 4.63. The van der Waals surface area contributed by atoms with E-state index in [1.165, 1.54) is 11.3 Å². The Labute approximate surface area is 155 Å². The molecule has 1 amide bonds. The fourth-order valence-corrected chi connectivity index (χ4v) is 3.49. The number of aromatic nitrogens is 3. The largest absolute Gasteiger partial charge is 0.411 e. The summed E-state index contributed by atoms with van der Waals surface area (Å²) in [5, 5.41) is 14.2. The molecule has 0 aliphatic heterocycles. The highest BCUT2D eigenvalue weighted by Gasteiger charge is 2.14. The van der Waals surface area contributed by atoms with Gasteiger partial charge in [0.15, 0.2) is 5.13 Å². The predicted octanol–water partition coefficient (Wildman–Crippen LogP) is 4.54. The number of aryl methyl sites for hydroxylation is 1. The number of amides is 1. The van der Waals surface area contributed by atoms with Crippen LogP contribution in [-0.4, -0.2) is 26.8 Å². The molecule has 24 heavy (non-hydrogen) atoms. The lowest BCUT2D eigenvalue weighted by molar-refractivity contribution is -0.113. The number of thioether (sulfide) groups is 1. The standard InChI is InChI=1S/C14H10Cl2N4O2S2/c1-7-5-23-13(17-7)18-11(21)6-24-14-20-19-12(22-14)9-3-2-8(15)4-10(9)16/h2-5H,6H2,1H3,(H,17,18,21). The van der Waals surface area contributed by atoms with E-state index in [9.17, 15) is 4.79 Å². The molecular formula is C14H10Cl2N4O2S2. The number of thiazole rings is 1. The van der Waals surface area contributed by atoms with E-state index in [-0.39, 0.29) is 22.8 Å². The van der Waals surface area contributed by atoms with E-state index in [4.69, 9.17) is 27.6 Å². The Kier molecular flexibility index (Phi) is 5.40. The van der Waals surface area contributed by atoms with Crippen LogP contribution in [0.3, 0.4) is 0 Å². The Morgan fingerprint density at radius 3 is 2.92 bits per heavy atom. The summed E-state index contributed by atoms with van der Waals surface area (Å²) in [6, 6.07) is 4.98. The monoisotopic (exact) mass is 400 g/mol. The van der Waals surface area contributed by atoms with Crippen LogP contribution in [0.15, 0.2) is 33.2 Å². The number of benzene rings is 1. The quantitative estimate of drug-likeness (QED) is 0.633. The zero-order valence-electron chi connectivity index (χ0n) is 12.2. The fourth-order valence-electron chi connectivity index (χ4n) is 1.73. The van der Waals surface area contributed by atoms with E-state index >= 15 is 0 Å². The third-order valence-corrected chi connectivity index (χ3v) is 5.00. The number of rotatable bonds is 5. The average molecular weight is 401 g/mol. The molecule has 0 saturated carbocycles. The lowest BCUT2D eigenvalue weighted by Gasteiger charge is -2.00. The van der Waals surface area contributed by atoms with Crippen LogP contribution in [0.25, 0.3) is 11.5 Å². The van der Waals surface area contributed by atoms with E-state index in [1.54, 1.807) is 18.2 Å². The van der Waals surface area contributed by atoms with Crippen LogP contribution in [0.1, 0.15) is 5.69 Å². The van der Waals surface area contributed by atoms with E-state index in [0.717, 1.165) is 17.5 Å². The van der Waals surface area contributed by atoms with Gasteiger partial charge in [0.05, 0.1) is 22.0 Å². The van der Waals surface area contributed by atoms with Crippen molar-refractivity contribution in [3.63, 3.8) is 0 Å². The first-order chi connectivity index (χ1) is 11.5. The lowest BCUT2D eigenvalue weighted by Crippen LogP contribution is -2.13. The highest BCUT2D eigenvalue weighted by atomic mass is 35.5. The number of carbonyl (C=O) groups is 1. The van der Waals surface area contributed by atoms with Gasteiger partial charge in [0, 0.05) is 10.4 Å². The molecule has 6 nitrogen and oxygen atoms in total. The van der Waals surface area contributed by atoms with Gasteiger partial charge < -0.3 is 9.73 Å². The fraction of sp³-hybridized carbons (Fsp3) is 0.143. The maximum absolute atomic E-state index is 11.9. The molecule has 124 valence electrons. The second kappa shape index (κ2) is 7.52. The van der Waals surface area contributed by atoms with Gasteiger partial charge in [0.2, 0.25) is 11.8 Å². The van der Waals surface area contributed by atoms with Gasteiger partial charge in [0.25, 0.3) is 5.22 Å². The van der Waals surface area contributed by atoms with Crippen LogP contribution < -0.4 is 5.32 Å². The number of carbonyl (C=O) groups excluding carboxylic acids is 1. The van der Waals surface area contributed by atoms with Crippen LogP contribution in [0.5, 0.6) is 0 Å². The molecule has 0 spiro atoms. The minimum atomic E-state index is -0.196. The van der Waals surface area contributed by atoms with Crippen LogP contribution in [0, 0.1) is 6.92 Å². The van der Waals surface area contributed by atoms with E-state index in [0.29, 0.717) is 20.7 Å². The number of anilines is 1. The van der Waals surface area contributed by atoms with Crippen molar-refractivity contribution in [1.82, 2.24) is 15.2 Å². The first-order valence-corrected chi connectivity index (χ1v) is 9.27. The van der Waals surface area contributed by atoms with Crippen molar-refractivity contribution in [2.24, 2.45) is 0 Å². The second-order valence-corrected chi connectivity index (χ2v) is 7.26. The van der Waals surface area contributed by atoms with Crippen molar-refractivity contribution in [3.05, 3.63) is 39.3 Å². The van der Waals surface area contributed by atoms with Crippen LogP contribution in [0.2, 0.25) is 10.0 Å². The summed E-state index contributed by atoms with van der Waals surface area (Å²) in [5.41, 5.74) is 1.45. The van der Waals surface area contributed by atoms with Gasteiger partial charge in [-0.2, -0.15) is 0 Å². The van der Waals surface area contributed by atoms with Gasteiger partial charge in [-0.1, -0.05) is 35.0 Å². The highest BCUT2D eigenvalue weighted by molar-refractivity contribution is 7.99. The molecule has 1 aromatic carbocycles. The summed E-state index contributed by atoms with van der Waals surface area (Å²) in [6.45, 7) is 1.86. The summed E-state index contributed by atoms with van der Waals surface area (Å²) in [5.74, 6) is 0.211. The third kappa shape index (κ3) is 4.27. The van der Waals surface area contributed by atoms with Crippen molar-refractivity contribution in [2.45, 2.75) is 12.1 Å².